The Morgan fingerprint density at radius 1 is 1.38 bits per heavy atom. The highest BCUT2D eigenvalue weighted by molar-refractivity contribution is 6.30. The number of rotatable bonds is 5. The molecule has 1 saturated carbocycles. The summed E-state index contributed by atoms with van der Waals surface area (Å²) in [6.07, 6.45) is 2.20. The van der Waals surface area contributed by atoms with Gasteiger partial charge in [-0.2, -0.15) is 0 Å². The van der Waals surface area contributed by atoms with Crippen molar-refractivity contribution in [3.63, 3.8) is 0 Å². The van der Waals surface area contributed by atoms with Crippen LogP contribution in [0.2, 0.25) is 5.02 Å². The summed E-state index contributed by atoms with van der Waals surface area (Å²) < 4.78 is 0. The van der Waals surface area contributed by atoms with Gasteiger partial charge in [-0.1, -0.05) is 11.6 Å². The maximum atomic E-state index is 12.6. The molecule has 5 heteroatoms. The monoisotopic (exact) mass is 308 g/mol. The summed E-state index contributed by atoms with van der Waals surface area (Å²) in [5.41, 5.74) is 0.677. The van der Waals surface area contributed by atoms with Gasteiger partial charge in [-0.15, -0.1) is 0 Å². The van der Waals surface area contributed by atoms with Gasteiger partial charge in [-0.3, -0.25) is 9.69 Å². The lowest BCUT2D eigenvalue weighted by Gasteiger charge is -2.40. The first-order chi connectivity index (χ1) is 10.0. The number of aliphatic hydroxyl groups excluding tert-OH is 1. The number of halogens is 1. The van der Waals surface area contributed by atoms with Crippen LogP contribution in [0.4, 0.5) is 0 Å². The predicted octanol–water partition coefficient (Wildman–Crippen LogP) is 1.87. The van der Waals surface area contributed by atoms with Gasteiger partial charge in [0.05, 0.1) is 6.10 Å². The molecule has 1 aliphatic heterocycles. The molecular formula is C16H21ClN2O2. The maximum absolute atomic E-state index is 12.6. The van der Waals surface area contributed by atoms with Crippen molar-refractivity contribution in [1.29, 1.82) is 0 Å². The van der Waals surface area contributed by atoms with E-state index in [-0.39, 0.29) is 18.1 Å². The minimum atomic E-state index is -0.192. The van der Waals surface area contributed by atoms with Gasteiger partial charge in [-0.05, 0) is 43.0 Å². The summed E-state index contributed by atoms with van der Waals surface area (Å²) in [5.74, 6) is 0.647. The number of hydrogen-bond acceptors (Lipinski definition) is 3. The number of likely N-dealkylation sites (N-methyl/N-ethyl adjacent to an activating group) is 1. The third kappa shape index (κ3) is 3.39. The zero-order valence-electron chi connectivity index (χ0n) is 12.2. The fourth-order valence-electron chi connectivity index (χ4n) is 2.97. The molecule has 3 rings (SSSR count). The molecule has 1 saturated heterocycles. The molecule has 0 radical (unpaired) electrons. The summed E-state index contributed by atoms with van der Waals surface area (Å²) in [6, 6.07) is 7.29. The largest absolute Gasteiger partial charge is 0.390 e. The Morgan fingerprint density at radius 3 is 2.52 bits per heavy atom. The predicted molar refractivity (Wildman–Crippen MR) is 82.5 cm³/mol. The van der Waals surface area contributed by atoms with Crippen LogP contribution >= 0.6 is 11.6 Å². The van der Waals surface area contributed by atoms with Crippen molar-refractivity contribution < 1.29 is 9.90 Å². The molecule has 1 amide bonds. The number of hydrogen-bond donors (Lipinski definition) is 1. The minimum Gasteiger partial charge on any atom is -0.390 e. The minimum absolute atomic E-state index is 0.0460. The van der Waals surface area contributed by atoms with Crippen LogP contribution in [-0.2, 0) is 0 Å². The van der Waals surface area contributed by atoms with E-state index in [4.69, 9.17) is 11.6 Å². The second-order valence-corrected chi connectivity index (χ2v) is 6.64. The molecule has 0 bridgehead atoms. The molecule has 21 heavy (non-hydrogen) atoms. The van der Waals surface area contributed by atoms with Gasteiger partial charge in [-0.25, -0.2) is 0 Å². The van der Waals surface area contributed by atoms with Crippen molar-refractivity contribution in [2.45, 2.75) is 25.0 Å². The number of nitrogens with zero attached hydrogens (tertiary/aromatic N) is 2. The Balaban J connectivity index is 1.66. The lowest BCUT2D eigenvalue weighted by atomic mass is 10.1. The number of carbonyl (C=O) groups excluding carboxylic acids is 1. The van der Waals surface area contributed by atoms with Crippen LogP contribution in [0, 0.1) is 5.92 Å². The Labute approximate surface area is 130 Å². The highest BCUT2D eigenvalue weighted by Crippen LogP contribution is 2.36. The highest BCUT2D eigenvalue weighted by atomic mass is 35.5. The second kappa shape index (κ2) is 5.95. The molecule has 1 N–H and O–H groups in total. The van der Waals surface area contributed by atoms with Crippen LogP contribution in [-0.4, -0.2) is 59.6 Å². The van der Waals surface area contributed by atoms with E-state index in [2.05, 4.69) is 4.90 Å². The molecule has 4 nitrogen and oxygen atoms in total. The van der Waals surface area contributed by atoms with Crippen LogP contribution in [0.15, 0.2) is 24.3 Å². The number of aliphatic hydroxyl groups is 1. The first-order valence-corrected chi connectivity index (χ1v) is 7.85. The van der Waals surface area contributed by atoms with Gasteiger partial charge in [0.1, 0.15) is 0 Å². The van der Waals surface area contributed by atoms with E-state index in [0.717, 1.165) is 19.6 Å². The van der Waals surface area contributed by atoms with Gasteiger partial charge >= 0.3 is 0 Å². The molecule has 1 aliphatic carbocycles. The third-order valence-electron chi connectivity index (χ3n) is 4.46. The fourth-order valence-corrected chi connectivity index (χ4v) is 3.10. The van der Waals surface area contributed by atoms with Gasteiger partial charge < -0.3 is 10.0 Å². The first-order valence-electron chi connectivity index (χ1n) is 7.47. The summed E-state index contributed by atoms with van der Waals surface area (Å²) in [6.45, 7) is 2.32. The number of carbonyl (C=O) groups is 1. The Bertz CT molecular complexity index is 510. The van der Waals surface area contributed by atoms with Crippen molar-refractivity contribution in [3.8, 4) is 0 Å². The van der Waals surface area contributed by atoms with Crippen LogP contribution < -0.4 is 0 Å². The average molecular weight is 309 g/mol. The lowest BCUT2D eigenvalue weighted by molar-refractivity contribution is -0.0127. The number of β-amino-alcohol motifs (C(OH)–C–C–N with tert-alkyl or cyclic N) is 1. The first kappa shape index (κ1) is 14.8. The van der Waals surface area contributed by atoms with Crippen molar-refractivity contribution >= 4 is 17.5 Å². The number of likely N-dealkylation sites (tertiary alicyclic amines) is 1. The van der Waals surface area contributed by atoms with Crippen molar-refractivity contribution in [1.82, 2.24) is 9.80 Å². The van der Waals surface area contributed by atoms with Gasteiger partial charge in [0.25, 0.3) is 5.91 Å². The fraction of sp³-hybridized carbons (Fsp3) is 0.562. The topological polar surface area (TPSA) is 43.8 Å². The molecule has 114 valence electrons. The molecule has 0 spiro atoms. The number of benzene rings is 1. The van der Waals surface area contributed by atoms with E-state index in [1.165, 1.54) is 12.8 Å². The SMILES string of the molecule is CN(C(=O)c1ccc(Cl)cc1)C(CN1CC(O)C1)C1CC1. The standard InChI is InChI=1S/C16H21ClN2O2/c1-18(16(21)12-4-6-13(17)7-5-12)15(11-2-3-11)10-19-8-14(20)9-19/h4-7,11,14-15,20H,2-3,8-10H2,1H3. The molecule has 2 fully saturated rings. The average Bonchev–Trinajstić information content (AvgIpc) is 3.26. The molecule has 0 aromatic heterocycles. The molecule has 2 aliphatic rings. The van der Waals surface area contributed by atoms with Crippen LogP contribution in [0.3, 0.4) is 0 Å². The van der Waals surface area contributed by atoms with Crippen LogP contribution in [0.1, 0.15) is 23.2 Å². The summed E-state index contributed by atoms with van der Waals surface area (Å²) >= 11 is 5.87. The second-order valence-electron chi connectivity index (χ2n) is 6.20. The molecule has 1 aromatic carbocycles. The van der Waals surface area contributed by atoms with Crippen molar-refractivity contribution in [3.05, 3.63) is 34.9 Å². The highest BCUT2D eigenvalue weighted by Gasteiger charge is 2.39. The van der Waals surface area contributed by atoms with E-state index in [1.54, 1.807) is 24.3 Å². The quantitative estimate of drug-likeness (QED) is 0.903. The summed E-state index contributed by atoms with van der Waals surface area (Å²) in [5, 5.41) is 10.0. The smallest absolute Gasteiger partial charge is 0.253 e. The van der Waals surface area contributed by atoms with E-state index >= 15 is 0 Å². The molecule has 1 heterocycles. The van der Waals surface area contributed by atoms with Crippen LogP contribution in [0.5, 0.6) is 0 Å². The molecule has 1 aromatic rings. The Kier molecular flexibility index (Phi) is 4.20. The molecule has 1 unspecified atom stereocenters. The van der Waals surface area contributed by atoms with E-state index in [9.17, 15) is 9.90 Å². The zero-order chi connectivity index (χ0) is 15.0. The Morgan fingerprint density at radius 2 is 2.00 bits per heavy atom. The summed E-state index contributed by atoms with van der Waals surface area (Å²) in [7, 11) is 1.89. The summed E-state index contributed by atoms with van der Waals surface area (Å²) in [4.78, 5) is 16.7. The molecule has 1 atom stereocenters. The van der Waals surface area contributed by atoms with E-state index in [1.807, 2.05) is 11.9 Å². The van der Waals surface area contributed by atoms with Crippen molar-refractivity contribution in [2.24, 2.45) is 5.92 Å². The maximum Gasteiger partial charge on any atom is 0.253 e. The van der Waals surface area contributed by atoms with Gasteiger partial charge in [0.15, 0.2) is 0 Å². The van der Waals surface area contributed by atoms with Crippen LogP contribution in [0.25, 0.3) is 0 Å². The molecular weight excluding hydrogens is 288 g/mol. The zero-order valence-corrected chi connectivity index (χ0v) is 13.0. The van der Waals surface area contributed by atoms with E-state index in [0.29, 0.717) is 16.5 Å². The van der Waals surface area contributed by atoms with Gasteiger partial charge in [0.2, 0.25) is 0 Å². The Hall–Kier alpha value is -1.10. The lowest BCUT2D eigenvalue weighted by Crippen LogP contribution is -2.56. The number of amides is 1. The van der Waals surface area contributed by atoms with E-state index < -0.39 is 0 Å². The third-order valence-corrected chi connectivity index (χ3v) is 4.71. The normalized spacial score (nSPS) is 20.9. The van der Waals surface area contributed by atoms with Gasteiger partial charge in [0, 0.05) is 43.3 Å². The van der Waals surface area contributed by atoms with Crippen molar-refractivity contribution in [2.75, 3.05) is 26.7 Å².